The van der Waals surface area contributed by atoms with Crippen LogP contribution in [0.1, 0.15) is 18.2 Å². The number of carbonyl (C=O) groups is 1. The lowest BCUT2D eigenvalue weighted by Gasteiger charge is -2.17. The Kier molecular flexibility index (Phi) is 5.57. The Balaban J connectivity index is 2.06. The topological polar surface area (TPSA) is 51.0 Å². The van der Waals surface area contributed by atoms with Crippen molar-refractivity contribution in [2.45, 2.75) is 13.5 Å². The highest BCUT2D eigenvalue weighted by Crippen LogP contribution is 2.20. The maximum atomic E-state index is 12.2. The van der Waals surface area contributed by atoms with Gasteiger partial charge < -0.3 is 4.90 Å². The normalized spacial score (nSPS) is 11.1. The van der Waals surface area contributed by atoms with E-state index in [1.54, 1.807) is 47.1 Å². The van der Waals surface area contributed by atoms with Gasteiger partial charge in [-0.2, -0.15) is 0 Å². The SMILES string of the molecule is CCN(Cc1cn(C)nn1)C(=O)C=Cc1cc(Cl)cc(Cl)c1. The van der Waals surface area contributed by atoms with Gasteiger partial charge in [0.25, 0.3) is 0 Å². The minimum atomic E-state index is -0.107. The van der Waals surface area contributed by atoms with Gasteiger partial charge in [0.05, 0.1) is 6.54 Å². The summed E-state index contributed by atoms with van der Waals surface area (Å²) in [7, 11) is 1.79. The summed E-state index contributed by atoms with van der Waals surface area (Å²) < 4.78 is 1.61. The summed E-state index contributed by atoms with van der Waals surface area (Å²) in [6.07, 6.45) is 4.98. The van der Waals surface area contributed by atoms with E-state index in [1.807, 2.05) is 6.92 Å². The molecule has 0 bridgehead atoms. The number of likely N-dealkylation sites (N-methyl/N-ethyl adjacent to an activating group) is 1. The molecule has 0 N–H and O–H groups in total. The quantitative estimate of drug-likeness (QED) is 0.786. The lowest BCUT2D eigenvalue weighted by molar-refractivity contribution is -0.126. The van der Waals surface area contributed by atoms with E-state index in [-0.39, 0.29) is 5.91 Å². The van der Waals surface area contributed by atoms with Gasteiger partial charge in [0.15, 0.2) is 0 Å². The second-order valence-corrected chi connectivity index (χ2v) is 5.64. The zero-order valence-corrected chi connectivity index (χ0v) is 13.8. The van der Waals surface area contributed by atoms with E-state index in [0.29, 0.717) is 23.1 Å². The first-order valence-electron chi connectivity index (χ1n) is 6.76. The van der Waals surface area contributed by atoms with Crippen LogP contribution in [0.4, 0.5) is 0 Å². The molecule has 7 heteroatoms. The number of aromatic nitrogens is 3. The minimum absolute atomic E-state index is 0.107. The van der Waals surface area contributed by atoms with Crippen LogP contribution in [0.25, 0.3) is 6.08 Å². The standard InChI is InChI=1S/C15H16Cl2N4O/c1-3-21(10-14-9-20(2)19-18-14)15(22)5-4-11-6-12(16)8-13(17)7-11/h4-9H,3,10H2,1-2H3. The third-order valence-electron chi connectivity index (χ3n) is 3.00. The van der Waals surface area contributed by atoms with Crippen LogP contribution in [0.2, 0.25) is 10.0 Å². The van der Waals surface area contributed by atoms with Gasteiger partial charge in [-0.05, 0) is 36.8 Å². The molecule has 1 aromatic heterocycles. The van der Waals surface area contributed by atoms with E-state index in [0.717, 1.165) is 11.3 Å². The van der Waals surface area contributed by atoms with Crippen molar-refractivity contribution in [2.24, 2.45) is 7.05 Å². The molecule has 0 saturated carbocycles. The van der Waals surface area contributed by atoms with E-state index in [1.165, 1.54) is 6.08 Å². The fourth-order valence-corrected chi connectivity index (χ4v) is 2.50. The average molecular weight is 339 g/mol. The van der Waals surface area contributed by atoms with E-state index in [4.69, 9.17) is 23.2 Å². The number of hydrogen-bond donors (Lipinski definition) is 0. The van der Waals surface area contributed by atoms with Crippen LogP contribution >= 0.6 is 23.2 Å². The molecule has 22 heavy (non-hydrogen) atoms. The van der Waals surface area contributed by atoms with Crippen molar-refractivity contribution < 1.29 is 4.79 Å². The van der Waals surface area contributed by atoms with Crippen molar-refractivity contribution in [2.75, 3.05) is 6.54 Å². The third-order valence-corrected chi connectivity index (χ3v) is 3.44. The highest BCUT2D eigenvalue weighted by molar-refractivity contribution is 6.34. The van der Waals surface area contributed by atoms with E-state index in [9.17, 15) is 4.79 Å². The molecule has 2 rings (SSSR count). The number of rotatable bonds is 5. The van der Waals surface area contributed by atoms with Gasteiger partial charge in [-0.3, -0.25) is 9.48 Å². The first-order chi connectivity index (χ1) is 10.5. The first kappa shape index (κ1) is 16.5. The summed E-state index contributed by atoms with van der Waals surface area (Å²) in [6, 6.07) is 5.14. The molecule has 0 unspecified atom stereocenters. The minimum Gasteiger partial charge on any atom is -0.333 e. The molecule has 0 fully saturated rings. The van der Waals surface area contributed by atoms with Gasteiger partial charge in [-0.1, -0.05) is 28.4 Å². The zero-order chi connectivity index (χ0) is 16.1. The molecule has 0 aliphatic rings. The van der Waals surface area contributed by atoms with E-state index >= 15 is 0 Å². The first-order valence-corrected chi connectivity index (χ1v) is 7.52. The molecule has 5 nitrogen and oxygen atoms in total. The van der Waals surface area contributed by atoms with Gasteiger partial charge >= 0.3 is 0 Å². The number of aryl methyl sites for hydroxylation is 1. The van der Waals surface area contributed by atoms with Crippen molar-refractivity contribution in [1.29, 1.82) is 0 Å². The monoisotopic (exact) mass is 338 g/mol. The Morgan fingerprint density at radius 3 is 2.55 bits per heavy atom. The lowest BCUT2D eigenvalue weighted by atomic mass is 10.2. The van der Waals surface area contributed by atoms with Crippen molar-refractivity contribution in [3.63, 3.8) is 0 Å². The second-order valence-electron chi connectivity index (χ2n) is 4.77. The predicted octanol–water partition coefficient (Wildman–Crippen LogP) is 3.18. The van der Waals surface area contributed by atoms with Crippen LogP contribution in [-0.2, 0) is 18.4 Å². The highest BCUT2D eigenvalue weighted by atomic mass is 35.5. The molecule has 0 radical (unpaired) electrons. The van der Waals surface area contributed by atoms with Gasteiger partial charge in [0.1, 0.15) is 5.69 Å². The third kappa shape index (κ3) is 4.58. The van der Waals surface area contributed by atoms with Crippen molar-refractivity contribution in [1.82, 2.24) is 19.9 Å². The molecule has 1 aromatic carbocycles. The molecule has 1 heterocycles. The number of hydrogen-bond acceptors (Lipinski definition) is 3. The average Bonchev–Trinajstić information content (AvgIpc) is 2.86. The molecule has 2 aromatic rings. The Morgan fingerprint density at radius 1 is 1.32 bits per heavy atom. The number of carbonyl (C=O) groups excluding carboxylic acids is 1. The van der Waals surface area contributed by atoms with Crippen LogP contribution in [0.15, 0.2) is 30.5 Å². The fraction of sp³-hybridized carbons (Fsp3) is 0.267. The van der Waals surface area contributed by atoms with Gasteiger partial charge in [-0.15, -0.1) is 5.10 Å². The van der Waals surface area contributed by atoms with Gasteiger partial charge in [-0.25, -0.2) is 0 Å². The Labute approximate surface area is 139 Å². The van der Waals surface area contributed by atoms with Crippen molar-refractivity contribution in [3.05, 3.63) is 51.8 Å². The van der Waals surface area contributed by atoms with Crippen LogP contribution in [-0.4, -0.2) is 32.3 Å². The summed E-state index contributed by atoms with van der Waals surface area (Å²) in [5.74, 6) is -0.107. The van der Waals surface area contributed by atoms with Crippen LogP contribution in [0.5, 0.6) is 0 Å². The molecule has 1 amide bonds. The smallest absolute Gasteiger partial charge is 0.246 e. The molecule has 0 spiro atoms. The molecule has 0 atom stereocenters. The van der Waals surface area contributed by atoms with Crippen molar-refractivity contribution in [3.8, 4) is 0 Å². The predicted molar refractivity (Wildman–Crippen MR) is 87.6 cm³/mol. The van der Waals surface area contributed by atoms with Gasteiger partial charge in [0, 0.05) is 35.9 Å². The molecule has 116 valence electrons. The Morgan fingerprint density at radius 2 is 2.00 bits per heavy atom. The number of amides is 1. The summed E-state index contributed by atoms with van der Waals surface area (Å²) in [4.78, 5) is 13.9. The number of benzene rings is 1. The van der Waals surface area contributed by atoms with E-state index < -0.39 is 0 Å². The number of nitrogens with zero attached hydrogens (tertiary/aromatic N) is 4. The Bertz CT molecular complexity index is 676. The largest absolute Gasteiger partial charge is 0.333 e. The van der Waals surface area contributed by atoms with Crippen LogP contribution < -0.4 is 0 Å². The Hall–Kier alpha value is -1.85. The maximum absolute atomic E-state index is 12.2. The molecule has 0 aliphatic heterocycles. The molecular weight excluding hydrogens is 323 g/mol. The molecule has 0 aliphatic carbocycles. The lowest BCUT2D eigenvalue weighted by Crippen LogP contribution is -2.28. The fourth-order valence-electron chi connectivity index (χ4n) is 1.95. The summed E-state index contributed by atoms with van der Waals surface area (Å²) in [5, 5.41) is 8.91. The summed E-state index contributed by atoms with van der Waals surface area (Å²) >= 11 is 11.9. The second kappa shape index (κ2) is 7.42. The zero-order valence-electron chi connectivity index (χ0n) is 12.3. The maximum Gasteiger partial charge on any atom is 0.246 e. The van der Waals surface area contributed by atoms with Crippen LogP contribution in [0.3, 0.4) is 0 Å². The molecule has 0 saturated heterocycles. The summed E-state index contributed by atoms with van der Waals surface area (Å²) in [6.45, 7) is 2.91. The summed E-state index contributed by atoms with van der Waals surface area (Å²) in [5.41, 5.74) is 1.53. The molecular formula is C15H16Cl2N4O. The van der Waals surface area contributed by atoms with Gasteiger partial charge in [0.2, 0.25) is 5.91 Å². The van der Waals surface area contributed by atoms with Crippen LogP contribution in [0, 0.1) is 0 Å². The number of halogens is 2. The van der Waals surface area contributed by atoms with Crippen molar-refractivity contribution >= 4 is 35.2 Å². The highest BCUT2D eigenvalue weighted by Gasteiger charge is 2.11. The van der Waals surface area contributed by atoms with E-state index in [2.05, 4.69) is 10.3 Å².